The van der Waals surface area contributed by atoms with E-state index < -0.39 is 92.1 Å². The summed E-state index contributed by atoms with van der Waals surface area (Å²) in [4.78, 5) is 37.3. The molecule has 12 nitrogen and oxygen atoms in total. The van der Waals surface area contributed by atoms with Gasteiger partial charge < -0.3 is 14.2 Å². The fourth-order valence-electron chi connectivity index (χ4n) is 8.22. The summed E-state index contributed by atoms with van der Waals surface area (Å²) in [7, 11) is 0. The van der Waals surface area contributed by atoms with Crippen LogP contribution in [0.1, 0.15) is 91.2 Å². The molecule has 3 saturated heterocycles. The molecule has 1 N–H and O–H groups in total. The topological polar surface area (TPSA) is 133 Å². The maximum absolute atomic E-state index is 17.6. The number of carbonyl (C=O) groups excluding carboxylic acids is 2. The minimum absolute atomic E-state index is 0.0726. The Morgan fingerprint density at radius 1 is 1.00 bits per heavy atom. The summed E-state index contributed by atoms with van der Waals surface area (Å²) >= 11 is 0.574. The second kappa shape index (κ2) is 15.7. The third kappa shape index (κ3) is 8.45. The molecule has 2 amide bonds. The van der Waals surface area contributed by atoms with Crippen LogP contribution >= 0.6 is 11.3 Å². The molecular formula is C41H45F6N7O5S. The van der Waals surface area contributed by atoms with Crippen LogP contribution in [0.3, 0.4) is 0 Å². The van der Waals surface area contributed by atoms with Gasteiger partial charge in [0.25, 0.3) is 0 Å². The van der Waals surface area contributed by atoms with Crippen LogP contribution in [0.15, 0.2) is 18.2 Å². The molecule has 3 aliphatic heterocycles. The fourth-order valence-corrected chi connectivity index (χ4v) is 9.29. The van der Waals surface area contributed by atoms with E-state index in [4.69, 9.17) is 14.2 Å². The molecule has 0 radical (unpaired) electrons. The zero-order valence-electron chi connectivity index (χ0n) is 34.0. The number of nitriles is 1. The van der Waals surface area contributed by atoms with Gasteiger partial charge in [-0.05, 0) is 97.9 Å². The Kier molecular flexibility index (Phi) is 11.3. The van der Waals surface area contributed by atoms with Crippen molar-refractivity contribution in [3.05, 3.63) is 41.0 Å². The van der Waals surface area contributed by atoms with E-state index in [1.807, 2.05) is 11.0 Å². The number of fused-ring (bicyclic) bond motifs is 3. The predicted octanol–water partition coefficient (Wildman–Crippen LogP) is 10.1. The van der Waals surface area contributed by atoms with Crippen molar-refractivity contribution < 1.29 is 50.1 Å². The van der Waals surface area contributed by atoms with Gasteiger partial charge in [0.2, 0.25) is 0 Å². The molecule has 0 bridgehead atoms. The van der Waals surface area contributed by atoms with Crippen LogP contribution < -0.4 is 15.1 Å². The average Bonchev–Trinajstić information content (AvgIpc) is 3.71. The first-order chi connectivity index (χ1) is 28.1. The molecule has 5 heterocycles. The third-order valence-corrected chi connectivity index (χ3v) is 11.7. The third-order valence-electron chi connectivity index (χ3n) is 10.6. The van der Waals surface area contributed by atoms with Gasteiger partial charge in [0, 0.05) is 42.4 Å². The largest absolute Gasteiger partial charge is 0.461 e. The minimum Gasteiger partial charge on any atom is -0.461 e. The lowest BCUT2D eigenvalue weighted by molar-refractivity contribution is -0.137. The minimum atomic E-state index is -5.25. The number of amides is 2. The van der Waals surface area contributed by atoms with Gasteiger partial charge in [-0.3, -0.25) is 15.2 Å². The van der Waals surface area contributed by atoms with Crippen LogP contribution in [-0.2, 0) is 15.7 Å². The number of hydrogen-bond donors (Lipinski definition) is 1. The van der Waals surface area contributed by atoms with Gasteiger partial charge in [-0.1, -0.05) is 6.07 Å². The number of benzene rings is 2. The summed E-state index contributed by atoms with van der Waals surface area (Å²) < 4.78 is 111. The Labute approximate surface area is 346 Å². The fraction of sp³-hybridized carbons (Fsp3) is 0.537. The molecule has 4 aromatic rings. The smallest absolute Gasteiger partial charge is 0.429 e. The molecule has 0 saturated carbocycles. The Balaban J connectivity index is 1.46. The van der Waals surface area contributed by atoms with Gasteiger partial charge >= 0.3 is 24.4 Å². The van der Waals surface area contributed by atoms with E-state index in [9.17, 15) is 19.2 Å². The molecule has 0 spiro atoms. The number of nitrogens with one attached hydrogen (secondary N) is 1. The number of anilines is 2. The van der Waals surface area contributed by atoms with Crippen molar-refractivity contribution in [2.75, 3.05) is 43.1 Å². The summed E-state index contributed by atoms with van der Waals surface area (Å²) in [6.45, 7) is 10.7. The molecule has 60 heavy (non-hydrogen) atoms. The highest BCUT2D eigenvalue weighted by atomic mass is 32.1. The van der Waals surface area contributed by atoms with Gasteiger partial charge in [-0.15, -0.1) is 11.3 Å². The van der Waals surface area contributed by atoms with E-state index >= 15 is 22.0 Å². The standard InChI is InChI=1S/C41H45F6N7O5S/c1-38(2,3)58-36(55)51-34-25(19-48)28-23(11-12-27(43)32(28)60-34)29-26(41(45,46)47)17-24-31(30(29)44)49-35(57-21-40-13-10-14-52(40)20-22(42)18-40)50-33(24)53-15-8-7-9-16-54(53)37(56)59-39(4,5)6/h11-12,17,22H,7-10,13-16,18,20-21H2,1-6H3,(H,51,55)/t22-,40+/m1/s1. The molecule has 0 unspecified atom stereocenters. The molecule has 7 rings (SSSR count). The van der Waals surface area contributed by atoms with Crippen molar-refractivity contribution in [1.82, 2.24) is 19.9 Å². The van der Waals surface area contributed by atoms with Crippen LogP contribution in [0.5, 0.6) is 6.01 Å². The van der Waals surface area contributed by atoms with Crippen molar-refractivity contribution in [3.8, 4) is 23.2 Å². The number of hydrazine groups is 1. The Morgan fingerprint density at radius 2 is 1.72 bits per heavy atom. The van der Waals surface area contributed by atoms with E-state index in [1.54, 1.807) is 41.5 Å². The first-order valence-electron chi connectivity index (χ1n) is 19.7. The maximum Gasteiger partial charge on any atom is 0.429 e. The Hall–Kier alpha value is -5.09. The molecule has 19 heteroatoms. The normalized spacial score (nSPS) is 20.3. The van der Waals surface area contributed by atoms with Gasteiger partial charge in [0.15, 0.2) is 11.6 Å². The zero-order valence-corrected chi connectivity index (χ0v) is 34.8. The number of thiophene rings is 1. The highest BCUT2D eigenvalue weighted by Crippen LogP contribution is 2.49. The van der Waals surface area contributed by atoms with Gasteiger partial charge in [0.05, 0.1) is 21.4 Å². The Morgan fingerprint density at radius 3 is 2.40 bits per heavy atom. The summed E-state index contributed by atoms with van der Waals surface area (Å²) in [6.07, 6.45) is -4.97. The number of nitrogens with zero attached hydrogens (tertiary/aromatic N) is 6. The second-order valence-corrected chi connectivity index (χ2v) is 18.4. The first kappa shape index (κ1) is 43.0. The number of alkyl halides is 4. The van der Waals surface area contributed by atoms with Crippen LogP contribution in [-0.4, -0.2) is 87.8 Å². The number of hydrogen-bond acceptors (Lipinski definition) is 11. The van der Waals surface area contributed by atoms with Crippen molar-refractivity contribution in [2.45, 2.75) is 109 Å². The molecule has 2 atom stereocenters. The van der Waals surface area contributed by atoms with E-state index in [0.29, 0.717) is 49.6 Å². The van der Waals surface area contributed by atoms with E-state index in [2.05, 4.69) is 15.3 Å². The molecular weight excluding hydrogens is 817 g/mol. The lowest BCUT2D eigenvalue weighted by Crippen LogP contribution is -2.49. The van der Waals surface area contributed by atoms with Gasteiger partial charge in [-0.25, -0.2) is 27.8 Å². The molecule has 3 fully saturated rings. The van der Waals surface area contributed by atoms with Crippen molar-refractivity contribution in [3.63, 3.8) is 0 Å². The van der Waals surface area contributed by atoms with Crippen molar-refractivity contribution in [1.29, 1.82) is 5.26 Å². The van der Waals surface area contributed by atoms with E-state index in [0.717, 1.165) is 18.6 Å². The van der Waals surface area contributed by atoms with Crippen LogP contribution in [0, 0.1) is 23.0 Å². The molecule has 0 aliphatic carbocycles. The van der Waals surface area contributed by atoms with E-state index in [-0.39, 0.29) is 53.6 Å². The quantitative estimate of drug-likeness (QED) is 0.187. The van der Waals surface area contributed by atoms with Gasteiger partial charge in [-0.2, -0.15) is 28.4 Å². The highest BCUT2D eigenvalue weighted by molar-refractivity contribution is 7.23. The summed E-state index contributed by atoms with van der Waals surface area (Å²) in [5.74, 6) is -2.70. The number of aromatic nitrogens is 2. The summed E-state index contributed by atoms with van der Waals surface area (Å²) in [5, 5.41) is 14.2. The number of halogens is 6. The molecule has 322 valence electrons. The second-order valence-electron chi connectivity index (χ2n) is 17.3. The summed E-state index contributed by atoms with van der Waals surface area (Å²) in [5.41, 5.74) is -6.73. The van der Waals surface area contributed by atoms with Crippen LogP contribution in [0.2, 0.25) is 0 Å². The Bertz CT molecular complexity index is 2390. The lowest BCUT2D eigenvalue weighted by atomic mass is 9.92. The highest BCUT2D eigenvalue weighted by Gasteiger charge is 2.49. The predicted molar refractivity (Wildman–Crippen MR) is 213 cm³/mol. The van der Waals surface area contributed by atoms with Crippen LogP contribution in [0.4, 0.5) is 46.8 Å². The zero-order chi connectivity index (χ0) is 43.5. The number of rotatable bonds is 6. The molecule has 3 aliphatic rings. The van der Waals surface area contributed by atoms with Crippen molar-refractivity contribution in [2.24, 2.45) is 0 Å². The number of carbonyl (C=O) groups is 2. The average molecular weight is 862 g/mol. The first-order valence-corrected chi connectivity index (χ1v) is 20.5. The van der Waals surface area contributed by atoms with Crippen LogP contribution in [0.25, 0.3) is 32.1 Å². The van der Waals surface area contributed by atoms with Gasteiger partial charge in [0.1, 0.15) is 46.4 Å². The molecule has 2 aromatic carbocycles. The lowest BCUT2D eigenvalue weighted by Gasteiger charge is -2.36. The number of ether oxygens (including phenoxy) is 3. The molecule has 2 aromatic heterocycles. The van der Waals surface area contributed by atoms with Crippen molar-refractivity contribution >= 4 is 55.3 Å². The summed E-state index contributed by atoms with van der Waals surface area (Å²) in [6, 6.07) is 3.85. The maximum atomic E-state index is 17.6. The van der Waals surface area contributed by atoms with E-state index in [1.165, 1.54) is 10.0 Å². The SMILES string of the molecule is CC(C)(C)OC(=O)Nc1sc2c(F)ccc(-c3c(C(F)(F)F)cc4c(N5CCCCCN5C(=O)OC(C)(C)C)nc(OC[C@@]56CCCN5C[C@H](F)C6)nc4c3F)c2c1C#N. The monoisotopic (exact) mass is 861 g/mol.